The van der Waals surface area contributed by atoms with Gasteiger partial charge >= 0.3 is 0 Å². The first-order valence-electron chi connectivity index (χ1n) is 8.09. The molecule has 0 unspecified atom stereocenters. The number of amides is 1. The fourth-order valence-electron chi connectivity index (χ4n) is 2.37. The highest BCUT2D eigenvalue weighted by atomic mass is 35.5. The number of furan rings is 1. The summed E-state index contributed by atoms with van der Waals surface area (Å²) in [5.74, 6) is 0.313. The van der Waals surface area contributed by atoms with Gasteiger partial charge in [-0.3, -0.25) is 4.79 Å². The first kappa shape index (κ1) is 19.2. The highest BCUT2D eigenvalue weighted by molar-refractivity contribution is 7.89. The smallest absolute Gasteiger partial charge is 0.240 e. The summed E-state index contributed by atoms with van der Waals surface area (Å²) in [7, 11) is -3.67. The summed E-state index contributed by atoms with van der Waals surface area (Å²) in [6.45, 7) is 0.0644. The molecule has 1 amide bonds. The zero-order chi connectivity index (χ0) is 19.3. The molecule has 0 saturated carbocycles. The third-order valence-corrected chi connectivity index (χ3v) is 5.41. The Balaban J connectivity index is 1.59. The van der Waals surface area contributed by atoms with E-state index in [0.29, 0.717) is 16.5 Å². The standard InChI is InChI=1S/C19H17ClN2O4S/c20-15-5-3-14(4-6-15)12-19(23)22-16-7-9-18(10-8-16)27(24,25)21-13-17-2-1-11-26-17/h1-11,21H,12-13H2,(H,22,23). The van der Waals surface area contributed by atoms with Crippen molar-refractivity contribution in [2.45, 2.75) is 17.9 Å². The Hall–Kier alpha value is -2.61. The Morgan fingerprint density at radius 3 is 2.33 bits per heavy atom. The zero-order valence-corrected chi connectivity index (χ0v) is 15.8. The number of nitrogens with one attached hydrogen (secondary N) is 2. The predicted molar refractivity (Wildman–Crippen MR) is 103 cm³/mol. The predicted octanol–water partition coefficient (Wildman–Crippen LogP) is 3.59. The van der Waals surface area contributed by atoms with Crippen LogP contribution >= 0.6 is 11.6 Å². The largest absolute Gasteiger partial charge is 0.468 e. The summed E-state index contributed by atoms with van der Waals surface area (Å²) in [4.78, 5) is 12.2. The van der Waals surface area contributed by atoms with Gasteiger partial charge in [-0.2, -0.15) is 0 Å². The number of hydrogen-bond acceptors (Lipinski definition) is 4. The minimum atomic E-state index is -3.67. The van der Waals surface area contributed by atoms with Crippen LogP contribution in [-0.4, -0.2) is 14.3 Å². The molecule has 3 rings (SSSR count). The molecule has 0 aliphatic heterocycles. The van der Waals surface area contributed by atoms with E-state index in [-0.39, 0.29) is 23.8 Å². The quantitative estimate of drug-likeness (QED) is 0.629. The molecular formula is C19H17ClN2O4S. The third kappa shape index (κ3) is 5.43. The molecule has 1 aromatic heterocycles. The van der Waals surface area contributed by atoms with Crippen molar-refractivity contribution < 1.29 is 17.6 Å². The van der Waals surface area contributed by atoms with Gasteiger partial charge in [0.25, 0.3) is 0 Å². The number of carbonyl (C=O) groups excluding carboxylic acids is 1. The molecule has 140 valence electrons. The lowest BCUT2D eigenvalue weighted by Gasteiger charge is -2.08. The Labute approximate surface area is 162 Å². The van der Waals surface area contributed by atoms with Crippen molar-refractivity contribution in [1.82, 2.24) is 4.72 Å². The van der Waals surface area contributed by atoms with Crippen LogP contribution in [0, 0.1) is 0 Å². The fourth-order valence-corrected chi connectivity index (χ4v) is 3.49. The summed E-state index contributed by atoms with van der Waals surface area (Å²) in [6, 6.07) is 16.3. The van der Waals surface area contributed by atoms with Gasteiger partial charge in [0.05, 0.1) is 24.1 Å². The lowest BCUT2D eigenvalue weighted by atomic mass is 10.1. The lowest BCUT2D eigenvalue weighted by molar-refractivity contribution is -0.115. The van der Waals surface area contributed by atoms with Gasteiger partial charge in [0.1, 0.15) is 5.76 Å². The molecule has 0 bridgehead atoms. The normalized spacial score (nSPS) is 11.3. The van der Waals surface area contributed by atoms with E-state index in [0.717, 1.165) is 5.56 Å². The summed E-state index contributed by atoms with van der Waals surface area (Å²) in [6.07, 6.45) is 1.67. The summed E-state index contributed by atoms with van der Waals surface area (Å²) in [5.41, 5.74) is 1.34. The molecule has 0 saturated heterocycles. The van der Waals surface area contributed by atoms with Crippen LogP contribution in [0.5, 0.6) is 0 Å². The Morgan fingerprint density at radius 1 is 1.00 bits per heavy atom. The van der Waals surface area contributed by atoms with Gasteiger partial charge in [0.15, 0.2) is 0 Å². The highest BCUT2D eigenvalue weighted by Gasteiger charge is 2.14. The van der Waals surface area contributed by atoms with Crippen molar-refractivity contribution in [3.8, 4) is 0 Å². The maximum absolute atomic E-state index is 12.3. The topological polar surface area (TPSA) is 88.4 Å². The summed E-state index contributed by atoms with van der Waals surface area (Å²) < 4.78 is 32.1. The molecule has 0 radical (unpaired) electrons. The van der Waals surface area contributed by atoms with Gasteiger partial charge in [0.2, 0.25) is 15.9 Å². The van der Waals surface area contributed by atoms with E-state index < -0.39 is 10.0 Å². The fraction of sp³-hybridized carbons (Fsp3) is 0.105. The zero-order valence-electron chi connectivity index (χ0n) is 14.2. The van der Waals surface area contributed by atoms with Crippen LogP contribution in [0.1, 0.15) is 11.3 Å². The number of rotatable bonds is 7. The molecular weight excluding hydrogens is 388 g/mol. The first-order chi connectivity index (χ1) is 12.9. The van der Waals surface area contributed by atoms with Crippen LogP contribution in [-0.2, 0) is 27.8 Å². The van der Waals surface area contributed by atoms with Crippen molar-refractivity contribution >= 4 is 33.2 Å². The average molecular weight is 405 g/mol. The molecule has 1 heterocycles. The molecule has 0 spiro atoms. The van der Waals surface area contributed by atoms with Crippen LogP contribution in [0.2, 0.25) is 5.02 Å². The van der Waals surface area contributed by atoms with Crippen molar-refractivity contribution in [1.29, 1.82) is 0 Å². The maximum Gasteiger partial charge on any atom is 0.240 e. The number of benzene rings is 2. The Morgan fingerprint density at radius 2 is 1.70 bits per heavy atom. The first-order valence-corrected chi connectivity index (χ1v) is 9.95. The number of hydrogen-bond donors (Lipinski definition) is 2. The number of halogens is 1. The van der Waals surface area contributed by atoms with Crippen molar-refractivity contribution in [3.05, 3.63) is 83.3 Å². The summed E-state index contributed by atoms with van der Waals surface area (Å²) >= 11 is 5.82. The second kappa shape index (κ2) is 8.39. The van der Waals surface area contributed by atoms with Crippen molar-refractivity contribution in [2.75, 3.05) is 5.32 Å². The number of carbonyl (C=O) groups is 1. The van der Waals surface area contributed by atoms with E-state index in [4.69, 9.17) is 16.0 Å². The van der Waals surface area contributed by atoms with Gasteiger partial charge in [-0.25, -0.2) is 13.1 Å². The van der Waals surface area contributed by atoms with Crippen LogP contribution in [0.15, 0.2) is 76.2 Å². The van der Waals surface area contributed by atoms with Crippen molar-refractivity contribution in [2.24, 2.45) is 0 Å². The average Bonchev–Trinajstić information content (AvgIpc) is 3.16. The second-order valence-electron chi connectivity index (χ2n) is 5.78. The van der Waals surface area contributed by atoms with Gasteiger partial charge in [0, 0.05) is 10.7 Å². The Bertz CT molecular complexity index is 999. The molecule has 0 aliphatic carbocycles. The summed E-state index contributed by atoms with van der Waals surface area (Å²) in [5, 5.41) is 3.34. The van der Waals surface area contributed by atoms with Gasteiger partial charge in [-0.1, -0.05) is 23.7 Å². The van der Waals surface area contributed by atoms with E-state index in [1.54, 1.807) is 48.5 Å². The number of sulfonamides is 1. The van der Waals surface area contributed by atoms with Crippen LogP contribution in [0.25, 0.3) is 0 Å². The molecule has 6 nitrogen and oxygen atoms in total. The van der Waals surface area contributed by atoms with Crippen molar-refractivity contribution in [3.63, 3.8) is 0 Å². The molecule has 0 aliphatic rings. The third-order valence-electron chi connectivity index (χ3n) is 3.74. The SMILES string of the molecule is O=C(Cc1ccc(Cl)cc1)Nc1ccc(S(=O)(=O)NCc2ccco2)cc1. The van der Waals surface area contributed by atoms with E-state index >= 15 is 0 Å². The van der Waals surface area contributed by atoms with Gasteiger partial charge < -0.3 is 9.73 Å². The Kier molecular flexibility index (Phi) is 5.95. The molecule has 0 atom stereocenters. The minimum Gasteiger partial charge on any atom is -0.468 e. The van der Waals surface area contributed by atoms with Crippen LogP contribution in [0.3, 0.4) is 0 Å². The molecule has 27 heavy (non-hydrogen) atoms. The van der Waals surface area contributed by atoms with Crippen LogP contribution in [0.4, 0.5) is 5.69 Å². The maximum atomic E-state index is 12.3. The van der Waals surface area contributed by atoms with E-state index in [9.17, 15) is 13.2 Å². The molecule has 8 heteroatoms. The molecule has 3 aromatic rings. The van der Waals surface area contributed by atoms with E-state index in [1.807, 2.05) is 0 Å². The van der Waals surface area contributed by atoms with E-state index in [1.165, 1.54) is 18.4 Å². The monoisotopic (exact) mass is 404 g/mol. The van der Waals surface area contributed by atoms with E-state index in [2.05, 4.69) is 10.0 Å². The highest BCUT2D eigenvalue weighted by Crippen LogP contribution is 2.16. The lowest BCUT2D eigenvalue weighted by Crippen LogP contribution is -2.23. The second-order valence-corrected chi connectivity index (χ2v) is 7.98. The molecule has 0 fully saturated rings. The number of anilines is 1. The van der Waals surface area contributed by atoms with Gasteiger partial charge in [-0.15, -0.1) is 0 Å². The van der Waals surface area contributed by atoms with Gasteiger partial charge in [-0.05, 0) is 54.1 Å². The molecule has 2 aromatic carbocycles. The minimum absolute atomic E-state index is 0.0644. The van der Waals surface area contributed by atoms with Crippen LogP contribution < -0.4 is 10.0 Å². The molecule has 2 N–H and O–H groups in total.